The minimum absolute atomic E-state index is 0.0134. The number of fused-ring (bicyclic) bond motifs is 1. The Labute approximate surface area is 82.4 Å². The molecule has 1 aromatic carbocycles. The number of rotatable bonds is 2. The van der Waals surface area contributed by atoms with Crippen LogP contribution < -0.4 is 5.69 Å². The zero-order chi connectivity index (χ0) is 10.1. The van der Waals surface area contributed by atoms with E-state index in [1.54, 1.807) is 0 Å². The molecule has 3 nitrogen and oxygen atoms in total. The molecule has 3 heteroatoms. The second-order valence-corrected chi connectivity index (χ2v) is 3.57. The molecular formula is C11H14N2O. The Hall–Kier alpha value is -1.51. The average Bonchev–Trinajstić information content (AvgIpc) is 2.53. The molecule has 74 valence electrons. The maximum atomic E-state index is 11.6. The van der Waals surface area contributed by atoms with Gasteiger partial charge >= 0.3 is 5.69 Å². The first-order chi connectivity index (χ1) is 6.74. The average molecular weight is 190 g/mol. The summed E-state index contributed by atoms with van der Waals surface area (Å²) in [6.07, 6.45) is 0.960. The van der Waals surface area contributed by atoms with Crippen LogP contribution in [0.2, 0.25) is 0 Å². The van der Waals surface area contributed by atoms with Gasteiger partial charge in [-0.05, 0) is 25.5 Å². The quantitative estimate of drug-likeness (QED) is 0.775. The summed E-state index contributed by atoms with van der Waals surface area (Å²) in [6, 6.07) is 8.03. The first-order valence-corrected chi connectivity index (χ1v) is 4.93. The molecule has 14 heavy (non-hydrogen) atoms. The fraction of sp³-hybridized carbons (Fsp3) is 0.364. The molecule has 1 aromatic heterocycles. The van der Waals surface area contributed by atoms with Gasteiger partial charge in [0, 0.05) is 6.04 Å². The molecule has 0 aliphatic rings. The Morgan fingerprint density at radius 2 is 2.14 bits per heavy atom. The monoisotopic (exact) mass is 190 g/mol. The number of H-pyrrole nitrogens is 1. The number of hydrogen-bond acceptors (Lipinski definition) is 1. The van der Waals surface area contributed by atoms with Crippen molar-refractivity contribution in [3.8, 4) is 0 Å². The molecular weight excluding hydrogens is 176 g/mol. The smallest absolute Gasteiger partial charge is 0.306 e. The highest BCUT2D eigenvalue weighted by Gasteiger charge is 2.09. The summed E-state index contributed by atoms with van der Waals surface area (Å²) in [7, 11) is 0. The summed E-state index contributed by atoms with van der Waals surface area (Å²) < 4.78 is 1.81. The lowest BCUT2D eigenvalue weighted by molar-refractivity contribution is 0.530. The van der Waals surface area contributed by atoms with Gasteiger partial charge in [0.25, 0.3) is 0 Å². The van der Waals surface area contributed by atoms with Crippen molar-refractivity contribution >= 4 is 11.0 Å². The standard InChI is InChI=1S/C11H14N2O/c1-3-8(2)13-10-7-5-4-6-9(10)12-11(13)14/h4-8H,3H2,1-2H3,(H,12,14). The van der Waals surface area contributed by atoms with Crippen LogP contribution in [-0.2, 0) is 0 Å². The van der Waals surface area contributed by atoms with Gasteiger partial charge in [-0.15, -0.1) is 0 Å². The molecule has 0 saturated carbocycles. The normalized spacial score (nSPS) is 13.3. The largest absolute Gasteiger partial charge is 0.326 e. The Morgan fingerprint density at radius 3 is 2.86 bits per heavy atom. The SMILES string of the molecule is CCC(C)n1c(=O)[nH]c2ccccc21. The maximum absolute atomic E-state index is 11.6. The third kappa shape index (κ3) is 1.25. The summed E-state index contributed by atoms with van der Waals surface area (Å²) in [6.45, 7) is 4.14. The number of para-hydroxylation sites is 2. The number of benzene rings is 1. The van der Waals surface area contributed by atoms with Crippen molar-refractivity contribution < 1.29 is 0 Å². The first-order valence-electron chi connectivity index (χ1n) is 4.93. The van der Waals surface area contributed by atoms with Crippen LogP contribution in [0, 0.1) is 0 Å². The van der Waals surface area contributed by atoms with E-state index in [2.05, 4.69) is 18.8 Å². The van der Waals surface area contributed by atoms with Crippen LogP contribution >= 0.6 is 0 Å². The second kappa shape index (κ2) is 3.33. The van der Waals surface area contributed by atoms with E-state index in [1.165, 1.54) is 0 Å². The van der Waals surface area contributed by atoms with Crippen molar-refractivity contribution in [3.63, 3.8) is 0 Å². The molecule has 0 aliphatic carbocycles. The van der Waals surface area contributed by atoms with E-state index in [1.807, 2.05) is 28.8 Å². The molecule has 0 fully saturated rings. The number of nitrogens with one attached hydrogen (secondary N) is 1. The fourth-order valence-electron chi connectivity index (χ4n) is 1.69. The molecule has 1 unspecified atom stereocenters. The zero-order valence-corrected chi connectivity index (χ0v) is 8.45. The van der Waals surface area contributed by atoms with Crippen molar-refractivity contribution in [2.24, 2.45) is 0 Å². The number of imidazole rings is 1. The molecule has 1 heterocycles. The fourth-order valence-corrected chi connectivity index (χ4v) is 1.69. The van der Waals surface area contributed by atoms with Gasteiger partial charge in [-0.25, -0.2) is 4.79 Å². The van der Waals surface area contributed by atoms with Gasteiger partial charge in [0.05, 0.1) is 11.0 Å². The van der Waals surface area contributed by atoms with Crippen LogP contribution in [0.3, 0.4) is 0 Å². The zero-order valence-electron chi connectivity index (χ0n) is 8.45. The molecule has 2 rings (SSSR count). The van der Waals surface area contributed by atoms with Gasteiger partial charge in [0.1, 0.15) is 0 Å². The van der Waals surface area contributed by atoms with Crippen molar-refractivity contribution in [2.45, 2.75) is 26.3 Å². The number of aromatic amines is 1. The minimum atomic E-state index is -0.0134. The topological polar surface area (TPSA) is 37.8 Å². The van der Waals surface area contributed by atoms with Crippen molar-refractivity contribution in [1.82, 2.24) is 9.55 Å². The van der Waals surface area contributed by atoms with E-state index in [9.17, 15) is 4.79 Å². The van der Waals surface area contributed by atoms with E-state index in [0.717, 1.165) is 17.5 Å². The summed E-state index contributed by atoms with van der Waals surface area (Å²) in [4.78, 5) is 14.5. The summed E-state index contributed by atoms with van der Waals surface area (Å²) in [5.41, 5.74) is 1.89. The van der Waals surface area contributed by atoms with Gasteiger partial charge in [-0.1, -0.05) is 19.1 Å². The lowest BCUT2D eigenvalue weighted by Gasteiger charge is -2.09. The van der Waals surface area contributed by atoms with Crippen molar-refractivity contribution in [2.75, 3.05) is 0 Å². The Kier molecular flexibility index (Phi) is 2.15. The molecule has 0 saturated heterocycles. The van der Waals surface area contributed by atoms with E-state index in [-0.39, 0.29) is 11.7 Å². The minimum Gasteiger partial charge on any atom is -0.306 e. The number of hydrogen-bond donors (Lipinski definition) is 1. The molecule has 1 N–H and O–H groups in total. The van der Waals surface area contributed by atoms with Crippen LogP contribution in [0.4, 0.5) is 0 Å². The molecule has 0 radical (unpaired) electrons. The number of aromatic nitrogens is 2. The van der Waals surface area contributed by atoms with Crippen LogP contribution in [0.25, 0.3) is 11.0 Å². The molecule has 0 spiro atoms. The second-order valence-electron chi connectivity index (χ2n) is 3.57. The predicted octanol–water partition coefficient (Wildman–Crippen LogP) is 2.30. The lowest BCUT2D eigenvalue weighted by atomic mass is 10.2. The number of nitrogens with zero attached hydrogens (tertiary/aromatic N) is 1. The lowest BCUT2D eigenvalue weighted by Crippen LogP contribution is -2.19. The van der Waals surface area contributed by atoms with E-state index in [0.29, 0.717) is 0 Å². The first kappa shape index (κ1) is 9.06. The Balaban J connectivity index is 2.74. The van der Waals surface area contributed by atoms with E-state index in [4.69, 9.17) is 0 Å². The Morgan fingerprint density at radius 1 is 1.43 bits per heavy atom. The highest BCUT2D eigenvalue weighted by Crippen LogP contribution is 2.15. The third-order valence-corrected chi connectivity index (χ3v) is 2.66. The predicted molar refractivity (Wildman–Crippen MR) is 57.6 cm³/mol. The Bertz CT molecular complexity index is 495. The molecule has 1 atom stereocenters. The van der Waals surface area contributed by atoms with Gasteiger partial charge in [0.2, 0.25) is 0 Å². The van der Waals surface area contributed by atoms with Gasteiger partial charge in [-0.3, -0.25) is 4.57 Å². The molecule has 0 amide bonds. The molecule has 2 aromatic rings. The highest BCUT2D eigenvalue weighted by atomic mass is 16.1. The van der Waals surface area contributed by atoms with Crippen molar-refractivity contribution in [3.05, 3.63) is 34.7 Å². The molecule has 0 bridgehead atoms. The highest BCUT2D eigenvalue weighted by molar-refractivity contribution is 5.75. The maximum Gasteiger partial charge on any atom is 0.326 e. The van der Waals surface area contributed by atoms with Crippen LogP contribution in [0.1, 0.15) is 26.3 Å². The third-order valence-electron chi connectivity index (χ3n) is 2.66. The summed E-state index contributed by atoms with van der Waals surface area (Å²) in [5.74, 6) is 0. The van der Waals surface area contributed by atoms with Gasteiger partial charge in [0.15, 0.2) is 0 Å². The van der Waals surface area contributed by atoms with E-state index >= 15 is 0 Å². The summed E-state index contributed by atoms with van der Waals surface area (Å²) in [5, 5.41) is 0. The van der Waals surface area contributed by atoms with Crippen LogP contribution in [0.15, 0.2) is 29.1 Å². The summed E-state index contributed by atoms with van der Waals surface area (Å²) >= 11 is 0. The van der Waals surface area contributed by atoms with Gasteiger partial charge in [-0.2, -0.15) is 0 Å². The van der Waals surface area contributed by atoms with E-state index < -0.39 is 0 Å². The van der Waals surface area contributed by atoms with Crippen LogP contribution in [-0.4, -0.2) is 9.55 Å². The van der Waals surface area contributed by atoms with Crippen molar-refractivity contribution in [1.29, 1.82) is 0 Å². The van der Waals surface area contributed by atoms with Crippen LogP contribution in [0.5, 0.6) is 0 Å². The van der Waals surface area contributed by atoms with Gasteiger partial charge < -0.3 is 4.98 Å². The molecule has 0 aliphatic heterocycles.